The van der Waals surface area contributed by atoms with Crippen LogP contribution in [-0.2, 0) is 0 Å². The smallest absolute Gasteiger partial charge is 0.228 e. The van der Waals surface area contributed by atoms with E-state index in [1.54, 1.807) is 0 Å². The maximum atomic E-state index is 13.4. The number of hydrogen-bond donors (Lipinski definition) is 1. The Labute approximate surface area is 165 Å². The molecule has 0 unspecified atom stereocenters. The second-order valence-corrected chi connectivity index (χ2v) is 5.67. The van der Waals surface area contributed by atoms with Crippen LogP contribution < -0.4 is 5.32 Å². The van der Waals surface area contributed by atoms with Crippen molar-refractivity contribution in [2.45, 2.75) is 26.1 Å². The summed E-state index contributed by atoms with van der Waals surface area (Å²) in [4.78, 5) is 0. The van der Waals surface area contributed by atoms with E-state index in [1.807, 2.05) is 6.92 Å². The van der Waals surface area contributed by atoms with Crippen LogP contribution in [0.15, 0.2) is 0 Å². The molecule has 0 fully saturated rings. The maximum Gasteiger partial charge on any atom is 0.457 e. The molecule has 0 saturated heterocycles. The van der Waals surface area contributed by atoms with E-state index in [1.165, 1.54) is 5.32 Å². The molecule has 0 aliphatic rings. The first kappa shape index (κ1) is 26.5. The molecule has 174 valence electrons. The van der Waals surface area contributed by atoms with Crippen molar-refractivity contribution in [3.63, 3.8) is 0 Å². The zero-order chi connectivity index (χ0) is 24.3. The van der Waals surface area contributed by atoms with Crippen LogP contribution in [0.3, 0.4) is 0 Å². The molecule has 0 aliphatic carbocycles. The van der Waals surface area contributed by atoms with E-state index in [2.05, 4.69) is 0 Å². The minimum absolute atomic E-state index is 0.0278. The van der Waals surface area contributed by atoms with Crippen molar-refractivity contribution in [1.82, 2.24) is 5.32 Å². The largest absolute Gasteiger partial charge is 0.457 e. The summed E-state index contributed by atoms with van der Waals surface area (Å²) in [7, 11) is 0. The highest BCUT2D eigenvalue weighted by Gasteiger charge is 2.34. The van der Waals surface area contributed by atoms with E-state index in [-0.39, 0.29) is 6.54 Å². The normalized spacial score (nSPS) is 11.4. The summed E-state index contributed by atoms with van der Waals surface area (Å²) in [5.41, 5.74) is -4.52. The molecule has 0 heterocycles. The van der Waals surface area contributed by atoms with Gasteiger partial charge in [0.05, 0.1) is 11.1 Å². The van der Waals surface area contributed by atoms with Crippen LogP contribution >= 0.6 is 0 Å². The van der Waals surface area contributed by atoms with Crippen molar-refractivity contribution < 1.29 is 57.1 Å². The first-order valence-corrected chi connectivity index (χ1v) is 8.02. The predicted octanol–water partition coefficient (Wildman–Crippen LogP) is 6.64. The Bertz CT molecular complexity index is 827. The van der Waals surface area contributed by atoms with Gasteiger partial charge in [-0.3, -0.25) is 0 Å². The molecule has 1 N–H and O–H groups in total. The molecule has 2 rings (SSSR count). The van der Waals surface area contributed by atoms with Crippen LogP contribution in [0, 0.1) is 58.2 Å². The quantitative estimate of drug-likeness (QED) is 0.172. The molecule has 0 radical (unpaired) electrons. The number of halogens is 13. The molecule has 31 heavy (non-hydrogen) atoms. The average molecular weight is 475 g/mol. The highest BCUT2D eigenvalue weighted by atomic mass is 19.4. The van der Waals surface area contributed by atoms with Gasteiger partial charge in [0.25, 0.3) is 0 Å². The topological polar surface area (TPSA) is 12.0 Å². The van der Waals surface area contributed by atoms with Gasteiger partial charge in [-0.1, -0.05) is 13.3 Å². The van der Waals surface area contributed by atoms with Crippen molar-refractivity contribution in [1.29, 1.82) is 0 Å². The van der Waals surface area contributed by atoms with Gasteiger partial charge in [0.2, 0.25) is 11.6 Å². The predicted molar refractivity (Wildman–Crippen MR) is 80.4 cm³/mol. The van der Waals surface area contributed by atoms with E-state index in [4.69, 9.17) is 0 Å². The number of unbranched alkanes of at least 4 members (excludes halogenated alkanes) is 1. The van der Waals surface area contributed by atoms with Crippen molar-refractivity contribution in [3.8, 4) is 11.1 Å². The van der Waals surface area contributed by atoms with Crippen LogP contribution in [0.5, 0.6) is 0 Å². The van der Waals surface area contributed by atoms with E-state index < -0.39 is 75.6 Å². The lowest BCUT2D eigenvalue weighted by Gasteiger charge is -2.11. The minimum Gasteiger partial charge on any atom is -0.228 e. The molecule has 2 aromatic carbocycles. The minimum atomic E-state index is -4.20. The van der Waals surface area contributed by atoms with Gasteiger partial charge in [-0.15, -0.1) is 0 Å². The fraction of sp³-hybridized carbons (Fsp3) is 0.294. The molecule has 2 aromatic rings. The molecule has 1 nitrogen and oxygen atoms in total. The Morgan fingerprint density at radius 1 is 0.516 bits per heavy atom. The van der Waals surface area contributed by atoms with Crippen molar-refractivity contribution in [2.75, 3.05) is 6.54 Å². The van der Waals surface area contributed by atoms with Gasteiger partial charge in [0.1, 0.15) is 0 Å². The maximum absolute atomic E-state index is 13.4. The molecular formula is C17H10F13N. The van der Waals surface area contributed by atoms with Gasteiger partial charge >= 0.3 is 6.30 Å². The first-order chi connectivity index (χ1) is 14.2. The summed E-state index contributed by atoms with van der Waals surface area (Å²) in [5, 5.41) is 1.42. The lowest BCUT2D eigenvalue weighted by atomic mass is 10.0. The van der Waals surface area contributed by atoms with E-state index in [0.717, 1.165) is 6.42 Å². The lowest BCUT2D eigenvalue weighted by Crippen LogP contribution is -2.32. The summed E-state index contributed by atoms with van der Waals surface area (Å²) in [6.45, 7) is 1.87. The average Bonchev–Trinajstić information content (AvgIpc) is 2.70. The van der Waals surface area contributed by atoms with E-state index in [9.17, 15) is 57.1 Å². The van der Waals surface area contributed by atoms with Gasteiger partial charge < -0.3 is 0 Å². The Morgan fingerprint density at radius 3 is 1.00 bits per heavy atom. The lowest BCUT2D eigenvalue weighted by molar-refractivity contribution is -0.156. The summed E-state index contributed by atoms with van der Waals surface area (Å²) in [6, 6.07) is 0. The molecule has 0 aliphatic heterocycles. The van der Waals surface area contributed by atoms with Gasteiger partial charge in [0.15, 0.2) is 46.5 Å². The molecule has 0 atom stereocenters. The van der Waals surface area contributed by atoms with Gasteiger partial charge in [-0.05, 0) is 6.42 Å². The standard InChI is InChI=1S/C12F10.C5H10F3N/c13-3-1(4(14)8(18)11(21)7(3)17)2-5(15)9(19)12(22)10(20)6(2)16;1-2-3-4-9-5(6,7)8/h;9H,2-4H2,1H3. The van der Waals surface area contributed by atoms with Crippen molar-refractivity contribution >= 4 is 0 Å². The summed E-state index contributed by atoms with van der Waals surface area (Å²) in [5.74, 6) is -26.6. The Balaban J connectivity index is 0.000000452. The third-order valence-corrected chi connectivity index (χ3v) is 3.53. The van der Waals surface area contributed by atoms with Crippen LogP contribution in [0.1, 0.15) is 19.8 Å². The molecule has 0 aromatic heterocycles. The second kappa shape index (κ2) is 10.2. The van der Waals surface area contributed by atoms with Crippen molar-refractivity contribution in [2.24, 2.45) is 0 Å². The van der Waals surface area contributed by atoms with Crippen LogP contribution in [0.2, 0.25) is 0 Å². The molecule has 0 amide bonds. The number of rotatable bonds is 4. The third-order valence-electron chi connectivity index (χ3n) is 3.53. The highest BCUT2D eigenvalue weighted by molar-refractivity contribution is 5.67. The Kier molecular flexibility index (Phi) is 8.73. The van der Waals surface area contributed by atoms with E-state index >= 15 is 0 Å². The fourth-order valence-corrected chi connectivity index (χ4v) is 2.06. The van der Waals surface area contributed by atoms with E-state index in [0.29, 0.717) is 6.42 Å². The van der Waals surface area contributed by atoms with Crippen LogP contribution in [-0.4, -0.2) is 12.8 Å². The van der Waals surface area contributed by atoms with Crippen LogP contribution in [0.4, 0.5) is 57.1 Å². The molecule has 14 heteroatoms. The summed E-state index contributed by atoms with van der Waals surface area (Å²) >= 11 is 0. The monoisotopic (exact) mass is 475 g/mol. The van der Waals surface area contributed by atoms with Gasteiger partial charge in [-0.25, -0.2) is 49.2 Å². The Hall–Kier alpha value is -2.51. The second-order valence-electron chi connectivity index (χ2n) is 5.67. The number of nitrogens with one attached hydrogen (secondary N) is 1. The summed E-state index contributed by atoms with van der Waals surface area (Å²) < 4.78 is 165. The number of hydrogen-bond acceptors (Lipinski definition) is 1. The molecule has 0 spiro atoms. The zero-order valence-electron chi connectivity index (χ0n) is 15.0. The van der Waals surface area contributed by atoms with Gasteiger partial charge in [-0.2, -0.15) is 13.2 Å². The number of benzene rings is 2. The first-order valence-electron chi connectivity index (χ1n) is 8.02. The SMILES string of the molecule is CCCCNC(F)(F)F.Fc1c(F)c(F)c(-c2c(F)c(F)c(F)c(F)c2F)c(F)c1F. The Morgan fingerprint density at radius 2 is 0.774 bits per heavy atom. The molecular weight excluding hydrogens is 465 g/mol. The molecule has 0 bridgehead atoms. The van der Waals surface area contributed by atoms with Crippen molar-refractivity contribution in [3.05, 3.63) is 58.2 Å². The van der Waals surface area contributed by atoms with Crippen LogP contribution in [0.25, 0.3) is 11.1 Å². The number of alkyl halides is 3. The highest BCUT2D eigenvalue weighted by Crippen LogP contribution is 2.37. The summed E-state index contributed by atoms with van der Waals surface area (Å²) in [6.07, 6.45) is -2.85. The fourth-order valence-electron chi connectivity index (χ4n) is 2.06. The third kappa shape index (κ3) is 5.80. The molecule has 0 saturated carbocycles. The zero-order valence-corrected chi connectivity index (χ0v) is 15.0. The van der Waals surface area contributed by atoms with Gasteiger partial charge in [0, 0.05) is 6.54 Å².